The minimum absolute atomic E-state index is 2.67. The van der Waals surface area contributed by atoms with Gasteiger partial charge in [-0.3, -0.25) is 0 Å². The predicted octanol–water partition coefficient (Wildman–Crippen LogP) is 15.0. The van der Waals surface area contributed by atoms with Crippen LogP contribution in [0.3, 0.4) is 0 Å². The number of hydrogen-bond donors (Lipinski definition) is 0. The Bertz CT molecular complexity index is 1600. The first-order valence-electron chi connectivity index (χ1n) is 14.9. The highest BCUT2D eigenvalue weighted by Crippen LogP contribution is 2.69. The van der Waals surface area contributed by atoms with E-state index in [1.807, 2.05) is 0 Å². The molecule has 0 fully saturated rings. The van der Waals surface area contributed by atoms with E-state index < -0.39 is 153 Å². The monoisotopic (exact) mass is 1130 g/mol. The predicted molar refractivity (Wildman–Crippen MR) is 128 cm³/mol. The topological polar surface area (TPSA) is 0 Å². The molecule has 0 heterocycles. The van der Waals surface area contributed by atoms with Crippen LogP contribution in [-0.2, 0) is 0 Å². The van der Waals surface area contributed by atoms with Crippen LogP contribution in [0, 0.1) is 0 Å². The number of hydrogen-bond acceptors (Lipinski definition) is 0. The Hall–Kier alpha value is -2.51. The molecular formula is C24H9F42P. The SMILES string of the molecule is FC(F)(F)C(F)(F)C(F)(F)C(F)(F)C(F)(F)C(F)(F)C(F)(F)C(F)(F)C(F)(F)C(F)(F)CCPCCC(F)(F)C(F)(F)C(F)(F)C(F)(F)C(F)(F)C(F)(F)C(F)(F)C(F)(F)C(F)(F)C(F)(F)F. The van der Waals surface area contributed by atoms with Crippen molar-refractivity contribution in [3.63, 3.8) is 0 Å². The van der Waals surface area contributed by atoms with Gasteiger partial charge >= 0.3 is 119 Å². The van der Waals surface area contributed by atoms with Crippen molar-refractivity contribution in [2.24, 2.45) is 0 Å². The van der Waals surface area contributed by atoms with E-state index in [2.05, 4.69) is 0 Å². The Kier molecular flexibility index (Phi) is 15.9. The van der Waals surface area contributed by atoms with E-state index in [-0.39, 0.29) is 0 Å². The summed E-state index contributed by atoms with van der Waals surface area (Å²) in [6.45, 7) is 0. The average Bonchev–Trinajstić information content (AvgIpc) is 3.08. The summed E-state index contributed by atoms with van der Waals surface area (Å²) in [5.41, 5.74) is 0. The van der Waals surface area contributed by atoms with Crippen molar-refractivity contribution >= 4 is 8.58 Å². The molecule has 0 nitrogen and oxygen atoms in total. The van der Waals surface area contributed by atoms with E-state index in [0.717, 1.165) is 0 Å². The van der Waals surface area contributed by atoms with E-state index in [9.17, 15) is 184 Å². The van der Waals surface area contributed by atoms with Crippen molar-refractivity contribution in [2.45, 2.75) is 132 Å². The van der Waals surface area contributed by atoms with Crippen LogP contribution < -0.4 is 0 Å². The first-order valence-corrected chi connectivity index (χ1v) is 16.3. The number of alkyl halides is 42. The van der Waals surface area contributed by atoms with Gasteiger partial charge in [0.25, 0.3) is 0 Å². The quantitative estimate of drug-likeness (QED) is 0.0576. The summed E-state index contributed by atoms with van der Waals surface area (Å²) in [5, 5.41) is 0. The second-order valence-corrected chi connectivity index (χ2v) is 14.3. The van der Waals surface area contributed by atoms with Gasteiger partial charge in [-0.25, -0.2) is 0 Å². The molecule has 0 radical (unpaired) electrons. The lowest BCUT2D eigenvalue weighted by Crippen LogP contribution is -2.76. The Morgan fingerprint density at radius 1 is 0.164 bits per heavy atom. The summed E-state index contributed by atoms with van der Waals surface area (Å²) in [4.78, 5) is 0. The highest BCUT2D eigenvalue weighted by atomic mass is 31.1. The molecule has 0 aliphatic heterocycles. The van der Waals surface area contributed by atoms with Crippen LogP contribution in [-0.4, -0.2) is 131 Å². The van der Waals surface area contributed by atoms with E-state index in [1.165, 1.54) is 0 Å². The van der Waals surface area contributed by atoms with Crippen molar-refractivity contribution in [1.29, 1.82) is 0 Å². The van der Waals surface area contributed by atoms with Crippen molar-refractivity contribution < 1.29 is 184 Å². The first-order chi connectivity index (χ1) is 28.2. The lowest BCUT2D eigenvalue weighted by molar-refractivity contribution is -0.474. The molecule has 43 heteroatoms. The fourth-order valence-corrected chi connectivity index (χ4v) is 5.34. The van der Waals surface area contributed by atoms with Gasteiger partial charge in [0.2, 0.25) is 0 Å². The summed E-state index contributed by atoms with van der Waals surface area (Å²) in [6.07, 6.45) is -29.3. The van der Waals surface area contributed by atoms with Crippen molar-refractivity contribution in [3.8, 4) is 0 Å². The maximum absolute atomic E-state index is 14.0. The highest BCUT2D eigenvalue weighted by Gasteiger charge is 3.00. The van der Waals surface area contributed by atoms with Crippen LogP contribution in [0.5, 0.6) is 0 Å². The molecule has 0 atom stereocenters. The average molecular weight is 1130 g/mol. The van der Waals surface area contributed by atoms with Gasteiger partial charge in [-0.1, -0.05) is 0 Å². The lowest BCUT2D eigenvalue weighted by Gasteiger charge is -2.44. The molecule has 0 unspecified atom stereocenters. The van der Waals surface area contributed by atoms with Crippen LogP contribution >= 0.6 is 8.58 Å². The van der Waals surface area contributed by atoms with E-state index in [1.54, 1.807) is 0 Å². The second kappa shape index (κ2) is 16.5. The molecule has 0 saturated carbocycles. The molecule has 404 valence electrons. The zero-order chi connectivity index (χ0) is 55.5. The molecule has 0 rings (SSSR count). The summed E-state index contributed by atoms with van der Waals surface area (Å²) < 4.78 is 564. The molecule has 0 amide bonds. The van der Waals surface area contributed by atoms with Gasteiger partial charge in [0, 0.05) is 12.8 Å². The molecule has 0 bridgehead atoms. The second-order valence-electron chi connectivity index (χ2n) is 12.8. The maximum atomic E-state index is 14.0. The van der Waals surface area contributed by atoms with Gasteiger partial charge in [-0.2, -0.15) is 184 Å². The fraction of sp³-hybridized carbons (Fsp3) is 1.00. The molecule has 0 aliphatic carbocycles. The molecule has 0 aromatic rings. The van der Waals surface area contributed by atoms with Gasteiger partial charge in [0.05, 0.1) is 0 Å². The number of halogens is 42. The summed E-state index contributed by atoms with van der Waals surface area (Å²) in [5.74, 6) is -163. The zero-order valence-electron chi connectivity index (χ0n) is 29.2. The molecule has 0 spiro atoms. The standard InChI is InChI=1S/C24H9F42P/c25-5(26,7(29,30)9(33,34)11(37,38)13(41,42)15(45,46)17(49,50)19(53,54)21(57,58)23(61,62)63)1-3-67-4-2-6(27,28)8(31,32)10(35,36)12(39,40)14(43,44)16(47,48)18(51,52)20(55,56)22(59,60)24(64,65)66/h67H,1-4H2. The summed E-state index contributed by atoms with van der Waals surface area (Å²) in [7, 11) is -2.73. The maximum Gasteiger partial charge on any atom is 0.460 e. The molecule has 0 saturated heterocycles. The molecule has 67 heavy (non-hydrogen) atoms. The van der Waals surface area contributed by atoms with E-state index >= 15 is 0 Å². The van der Waals surface area contributed by atoms with Crippen LogP contribution in [0.2, 0.25) is 0 Å². The zero-order valence-corrected chi connectivity index (χ0v) is 30.2. The molecule has 0 aromatic heterocycles. The van der Waals surface area contributed by atoms with Gasteiger partial charge in [0.1, 0.15) is 0 Å². The Balaban J connectivity index is 6.71. The fourth-order valence-electron chi connectivity index (χ4n) is 4.11. The van der Waals surface area contributed by atoms with Crippen molar-refractivity contribution in [1.82, 2.24) is 0 Å². The van der Waals surface area contributed by atoms with Crippen LogP contribution in [0.4, 0.5) is 184 Å². The van der Waals surface area contributed by atoms with Gasteiger partial charge in [-0.05, 0) is 12.3 Å². The summed E-state index contributed by atoms with van der Waals surface area (Å²) >= 11 is 0. The van der Waals surface area contributed by atoms with E-state index in [0.29, 0.717) is 0 Å². The van der Waals surface area contributed by atoms with Gasteiger partial charge < -0.3 is 0 Å². The van der Waals surface area contributed by atoms with Crippen LogP contribution in [0.25, 0.3) is 0 Å². The minimum Gasteiger partial charge on any atom is -0.200 e. The molecule has 0 N–H and O–H groups in total. The third-order valence-corrected chi connectivity index (χ3v) is 9.59. The molecular weight excluding hydrogens is 1120 g/mol. The third kappa shape index (κ3) is 8.36. The number of rotatable bonds is 22. The van der Waals surface area contributed by atoms with Crippen LogP contribution in [0.15, 0.2) is 0 Å². The van der Waals surface area contributed by atoms with E-state index in [4.69, 9.17) is 0 Å². The smallest absolute Gasteiger partial charge is 0.200 e. The largest absolute Gasteiger partial charge is 0.460 e. The minimum atomic E-state index is -9.64. The normalized spacial score (nSPS) is 17.1. The van der Waals surface area contributed by atoms with Gasteiger partial charge in [0.15, 0.2) is 0 Å². The molecule has 0 aliphatic rings. The Morgan fingerprint density at radius 3 is 0.418 bits per heavy atom. The summed E-state index contributed by atoms with van der Waals surface area (Å²) in [6, 6.07) is 0. The Morgan fingerprint density at radius 2 is 0.284 bits per heavy atom. The van der Waals surface area contributed by atoms with Crippen LogP contribution in [0.1, 0.15) is 12.8 Å². The van der Waals surface area contributed by atoms with Crippen molar-refractivity contribution in [3.05, 3.63) is 0 Å². The Labute approximate surface area is 338 Å². The van der Waals surface area contributed by atoms with Gasteiger partial charge in [-0.15, -0.1) is 8.58 Å². The van der Waals surface area contributed by atoms with Crippen molar-refractivity contribution in [2.75, 3.05) is 12.3 Å². The first kappa shape index (κ1) is 64.5. The molecule has 0 aromatic carbocycles. The highest BCUT2D eigenvalue weighted by molar-refractivity contribution is 7.37. The third-order valence-electron chi connectivity index (χ3n) is 8.38. The lowest BCUT2D eigenvalue weighted by atomic mass is 9.86.